The van der Waals surface area contributed by atoms with Gasteiger partial charge in [-0.2, -0.15) is 11.3 Å². The standard InChI is InChI=1S/C14H22N2OS/c1-12-5-3-4-7-16(12)10-14(17)15(2)9-13-6-8-18-11-13/h6,8,11-12H,3-5,7,9-10H2,1-2H3/t12-/m1/s1. The molecule has 1 fully saturated rings. The Bertz CT molecular complexity index is 377. The van der Waals surface area contributed by atoms with Crippen LogP contribution in [0.5, 0.6) is 0 Å². The molecule has 0 radical (unpaired) electrons. The van der Waals surface area contributed by atoms with E-state index in [9.17, 15) is 4.79 Å². The highest BCUT2D eigenvalue weighted by Gasteiger charge is 2.21. The Labute approximate surface area is 113 Å². The van der Waals surface area contributed by atoms with Crippen molar-refractivity contribution in [2.75, 3.05) is 20.1 Å². The van der Waals surface area contributed by atoms with Gasteiger partial charge in [-0.05, 0) is 48.7 Å². The van der Waals surface area contributed by atoms with Gasteiger partial charge >= 0.3 is 0 Å². The summed E-state index contributed by atoms with van der Waals surface area (Å²) in [5, 5.41) is 4.16. The van der Waals surface area contributed by atoms with Crippen LogP contribution in [0.25, 0.3) is 0 Å². The molecule has 1 aliphatic heterocycles. The monoisotopic (exact) mass is 266 g/mol. The van der Waals surface area contributed by atoms with Gasteiger partial charge in [-0.1, -0.05) is 6.42 Å². The van der Waals surface area contributed by atoms with E-state index >= 15 is 0 Å². The SMILES string of the molecule is C[C@@H]1CCCCN1CC(=O)N(C)Cc1ccsc1. The lowest BCUT2D eigenvalue weighted by Gasteiger charge is -2.33. The number of piperidine rings is 1. The maximum Gasteiger partial charge on any atom is 0.236 e. The molecule has 18 heavy (non-hydrogen) atoms. The third kappa shape index (κ3) is 3.56. The zero-order valence-corrected chi connectivity index (χ0v) is 12.1. The van der Waals surface area contributed by atoms with E-state index in [-0.39, 0.29) is 5.91 Å². The Morgan fingerprint density at radius 3 is 3.06 bits per heavy atom. The second-order valence-electron chi connectivity index (χ2n) is 5.20. The van der Waals surface area contributed by atoms with Crippen molar-refractivity contribution in [3.05, 3.63) is 22.4 Å². The number of likely N-dealkylation sites (N-methyl/N-ethyl adjacent to an activating group) is 1. The Morgan fingerprint density at radius 1 is 1.56 bits per heavy atom. The topological polar surface area (TPSA) is 23.6 Å². The van der Waals surface area contributed by atoms with Gasteiger partial charge < -0.3 is 4.90 Å². The maximum atomic E-state index is 12.2. The lowest BCUT2D eigenvalue weighted by molar-refractivity contribution is -0.132. The van der Waals surface area contributed by atoms with Crippen LogP contribution in [0.15, 0.2) is 16.8 Å². The molecule has 2 heterocycles. The molecule has 1 saturated heterocycles. The smallest absolute Gasteiger partial charge is 0.236 e. The molecule has 100 valence electrons. The molecule has 1 aliphatic rings. The molecule has 0 unspecified atom stereocenters. The summed E-state index contributed by atoms with van der Waals surface area (Å²) >= 11 is 1.68. The summed E-state index contributed by atoms with van der Waals surface area (Å²) in [4.78, 5) is 16.3. The zero-order chi connectivity index (χ0) is 13.0. The van der Waals surface area contributed by atoms with Crippen molar-refractivity contribution >= 4 is 17.2 Å². The largest absolute Gasteiger partial charge is 0.340 e. The Hall–Kier alpha value is -0.870. The van der Waals surface area contributed by atoms with Gasteiger partial charge in [0.1, 0.15) is 0 Å². The second-order valence-corrected chi connectivity index (χ2v) is 5.98. The van der Waals surface area contributed by atoms with Crippen molar-refractivity contribution in [3.8, 4) is 0 Å². The van der Waals surface area contributed by atoms with E-state index < -0.39 is 0 Å². The van der Waals surface area contributed by atoms with Crippen LogP contribution in [-0.2, 0) is 11.3 Å². The van der Waals surface area contributed by atoms with Gasteiger partial charge in [0.15, 0.2) is 0 Å². The van der Waals surface area contributed by atoms with Crippen molar-refractivity contribution in [3.63, 3.8) is 0 Å². The van der Waals surface area contributed by atoms with Crippen molar-refractivity contribution in [1.29, 1.82) is 0 Å². The molecule has 0 bridgehead atoms. The Kier molecular flexibility index (Phi) is 4.78. The van der Waals surface area contributed by atoms with Gasteiger partial charge in [-0.15, -0.1) is 0 Å². The van der Waals surface area contributed by atoms with E-state index in [0.717, 1.165) is 13.1 Å². The normalized spacial score (nSPS) is 20.9. The number of carbonyl (C=O) groups excluding carboxylic acids is 1. The number of rotatable bonds is 4. The van der Waals surface area contributed by atoms with Crippen LogP contribution in [0.3, 0.4) is 0 Å². The third-order valence-electron chi connectivity index (χ3n) is 3.70. The van der Waals surface area contributed by atoms with Gasteiger partial charge in [0.2, 0.25) is 5.91 Å². The number of amides is 1. The molecule has 0 N–H and O–H groups in total. The van der Waals surface area contributed by atoms with Crippen LogP contribution in [0.4, 0.5) is 0 Å². The summed E-state index contributed by atoms with van der Waals surface area (Å²) in [6.45, 7) is 4.59. The van der Waals surface area contributed by atoms with E-state index in [0.29, 0.717) is 12.6 Å². The van der Waals surface area contributed by atoms with Crippen LogP contribution in [0, 0.1) is 0 Å². The van der Waals surface area contributed by atoms with E-state index in [1.807, 2.05) is 11.9 Å². The lowest BCUT2D eigenvalue weighted by Crippen LogP contribution is -2.44. The quantitative estimate of drug-likeness (QED) is 0.836. The average Bonchev–Trinajstić information content (AvgIpc) is 2.84. The van der Waals surface area contributed by atoms with Gasteiger partial charge in [0.05, 0.1) is 6.54 Å². The molecule has 0 aromatic carbocycles. The van der Waals surface area contributed by atoms with Crippen LogP contribution >= 0.6 is 11.3 Å². The number of carbonyl (C=O) groups is 1. The van der Waals surface area contributed by atoms with Crippen molar-refractivity contribution in [1.82, 2.24) is 9.80 Å². The highest BCUT2D eigenvalue weighted by Crippen LogP contribution is 2.16. The molecule has 3 nitrogen and oxygen atoms in total. The molecule has 2 rings (SSSR count). The summed E-state index contributed by atoms with van der Waals surface area (Å²) in [6, 6.07) is 2.63. The number of thiophene rings is 1. The van der Waals surface area contributed by atoms with Crippen LogP contribution in [-0.4, -0.2) is 41.9 Å². The molecule has 1 aromatic rings. The first-order valence-electron chi connectivity index (χ1n) is 6.66. The fraction of sp³-hybridized carbons (Fsp3) is 0.643. The third-order valence-corrected chi connectivity index (χ3v) is 4.44. The van der Waals surface area contributed by atoms with Crippen LogP contribution in [0.2, 0.25) is 0 Å². The molecule has 0 aliphatic carbocycles. The summed E-state index contributed by atoms with van der Waals surface area (Å²) in [5.74, 6) is 0.231. The first-order chi connectivity index (χ1) is 8.66. The number of likely N-dealkylation sites (tertiary alicyclic amines) is 1. The molecule has 0 saturated carbocycles. The average molecular weight is 266 g/mol. The molecule has 1 aromatic heterocycles. The van der Waals surface area contributed by atoms with Crippen molar-refractivity contribution in [2.45, 2.75) is 38.8 Å². The van der Waals surface area contributed by atoms with Crippen LogP contribution in [0.1, 0.15) is 31.7 Å². The molecule has 1 amide bonds. The van der Waals surface area contributed by atoms with Gasteiger partial charge in [-0.3, -0.25) is 9.69 Å². The minimum atomic E-state index is 0.231. The van der Waals surface area contributed by atoms with E-state index in [1.54, 1.807) is 11.3 Å². The highest BCUT2D eigenvalue weighted by atomic mass is 32.1. The summed E-state index contributed by atoms with van der Waals surface area (Å²) < 4.78 is 0. The molecular weight excluding hydrogens is 244 g/mol. The minimum absolute atomic E-state index is 0.231. The summed E-state index contributed by atoms with van der Waals surface area (Å²) in [5.41, 5.74) is 1.22. The summed E-state index contributed by atoms with van der Waals surface area (Å²) in [7, 11) is 1.90. The zero-order valence-electron chi connectivity index (χ0n) is 11.3. The first kappa shape index (κ1) is 13.6. The van der Waals surface area contributed by atoms with E-state index in [2.05, 4.69) is 28.7 Å². The van der Waals surface area contributed by atoms with Crippen molar-refractivity contribution in [2.24, 2.45) is 0 Å². The van der Waals surface area contributed by atoms with E-state index in [1.165, 1.54) is 24.8 Å². The van der Waals surface area contributed by atoms with Gasteiger partial charge in [-0.25, -0.2) is 0 Å². The highest BCUT2D eigenvalue weighted by molar-refractivity contribution is 7.07. The maximum absolute atomic E-state index is 12.2. The predicted molar refractivity (Wildman–Crippen MR) is 75.7 cm³/mol. The fourth-order valence-electron chi connectivity index (χ4n) is 2.43. The first-order valence-corrected chi connectivity index (χ1v) is 7.60. The second kappa shape index (κ2) is 6.34. The van der Waals surface area contributed by atoms with Gasteiger partial charge in [0, 0.05) is 19.6 Å². The molecular formula is C14H22N2OS. The van der Waals surface area contributed by atoms with E-state index in [4.69, 9.17) is 0 Å². The molecule has 0 spiro atoms. The number of hydrogen-bond acceptors (Lipinski definition) is 3. The number of hydrogen-bond donors (Lipinski definition) is 0. The van der Waals surface area contributed by atoms with Crippen molar-refractivity contribution < 1.29 is 4.79 Å². The van der Waals surface area contributed by atoms with Gasteiger partial charge in [0.25, 0.3) is 0 Å². The predicted octanol–water partition coefficient (Wildman–Crippen LogP) is 2.58. The number of nitrogens with zero attached hydrogens (tertiary/aromatic N) is 2. The fourth-order valence-corrected chi connectivity index (χ4v) is 3.09. The lowest BCUT2D eigenvalue weighted by atomic mass is 10.0. The minimum Gasteiger partial charge on any atom is -0.340 e. The molecule has 1 atom stereocenters. The Morgan fingerprint density at radius 2 is 2.39 bits per heavy atom. The Balaban J connectivity index is 1.83. The van der Waals surface area contributed by atoms with Crippen LogP contribution < -0.4 is 0 Å². The molecule has 4 heteroatoms. The summed E-state index contributed by atoms with van der Waals surface area (Å²) in [6.07, 6.45) is 3.75.